The Morgan fingerprint density at radius 1 is 0.560 bits per heavy atom. The number of halogens is 3. The van der Waals surface area contributed by atoms with Crippen LogP contribution in [0.2, 0.25) is 0 Å². The van der Waals surface area contributed by atoms with Gasteiger partial charge >= 0.3 is 41.9 Å². The van der Waals surface area contributed by atoms with Gasteiger partial charge in [-0.25, -0.2) is 0 Å². The number of anilines is 1. The average molecular weight is 1080 g/mol. The average Bonchev–Trinajstić information content (AvgIpc) is 3.31. The molecule has 2 aliphatic rings. The van der Waals surface area contributed by atoms with E-state index in [9.17, 15) is 61.1 Å². The molecule has 2 heterocycles. The number of ether oxygens (including phenoxy) is 11. The number of esters is 5. The SMILES string of the molecule is CC(=O)NC1C(OCCOCCNC(=O)c2cc(NC(=O)CNC(=O)C(F)(F)F)cc(C(=O)NCCOCCOC3OC(COC(C)=O)C(OC(C)=O)C(OC(C)=O)C3C)c2)OC(COC(C)=O)C(C)C1OC(C)=O. The summed E-state index contributed by atoms with van der Waals surface area (Å²) in [7, 11) is 0. The molecule has 0 bridgehead atoms. The third-order valence-electron chi connectivity index (χ3n) is 10.7. The number of carbonyl (C=O) groups is 10. The van der Waals surface area contributed by atoms with E-state index < -0.39 is 133 Å². The van der Waals surface area contributed by atoms with Crippen LogP contribution >= 0.6 is 0 Å². The molecule has 10 atom stereocenters. The van der Waals surface area contributed by atoms with Gasteiger partial charge in [0.1, 0.15) is 43.7 Å². The summed E-state index contributed by atoms with van der Waals surface area (Å²) in [5.74, 6) is -9.97. The zero-order valence-electron chi connectivity index (χ0n) is 42.5. The van der Waals surface area contributed by atoms with Gasteiger partial charge in [0.25, 0.3) is 11.8 Å². The Hall–Kier alpha value is -6.53. The summed E-state index contributed by atoms with van der Waals surface area (Å²) in [6.45, 7) is 8.02. The van der Waals surface area contributed by atoms with Gasteiger partial charge in [0.05, 0.1) is 46.2 Å². The maximum absolute atomic E-state index is 13.3. The number of benzene rings is 1. The van der Waals surface area contributed by atoms with Gasteiger partial charge in [0, 0.05) is 83.3 Å². The topological polar surface area (TPSA) is 332 Å². The first-order valence-electron chi connectivity index (χ1n) is 23.4. The Morgan fingerprint density at radius 3 is 1.53 bits per heavy atom. The molecule has 1 aromatic carbocycles. The fraction of sp³-hybridized carbons (Fsp3) is 0.652. The molecule has 10 unspecified atom stereocenters. The van der Waals surface area contributed by atoms with Crippen LogP contribution in [0.15, 0.2) is 18.2 Å². The van der Waals surface area contributed by atoms with Gasteiger partial charge in [-0.15, -0.1) is 0 Å². The molecule has 0 spiro atoms. The monoisotopic (exact) mass is 1080 g/mol. The van der Waals surface area contributed by atoms with Crippen LogP contribution < -0.4 is 26.6 Å². The summed E-state index contributed by atoms with van der Waals surface area (Å²) in [6, 6.07) is 2.46. The molecule has 0 aliphatic carbocycles. The lowest BCUT2D eigenvalue weighted by Gasteiger charge is -2.44. The van der Waals surface area contributed by atoms with E-state index in [1.807, 2.05) is 0 Å². The largest absolute Gasteiger partial charge is 0.471 e. The van der Waals surface area contributed by atoms with Gasteiger partial charge in [-0.1, -0.05) is 13.8 Å². The minimum absolute atomic E-state index is 0.0546. The second-order valence-corrected chi connectivity index (χ2v) is 16.9. The van der Waals surface area contributed by atoms with Crippen molar-refractivity contribution in [1.29, 1.82) is 0 Å². The molecule has 2 saturated heterocycles. The molecule has 2 fully saturated rings. The molecule has 0 aromatic heterocycles. The fourth-order valence-corrected chi connectivity index (χ4v) is 7.39. The highest BCUT2D eigenvalue weighted by Gasteiger charge is 2.49. The van der Waals surface area contributed by atoms with Crippen molar-refractivity contribution < 1.29 is 113 Å². The molecule has 5 amide bonds. The number of hydrogen-bond acceptors (Lipinski definition) is 21. The van der Waals surface area contributed by atoms with Crippen molar-refractivity contribution in [1.82, 2.24) is 21.3 Å². The number of nitrogens with one attached hydrogen (secondary N) is 5. The fourth-order valence-electron chi connectivity index (χ4n) is 7.39. The third-order valence-corrected chi connectivity index (χ3v) is 10.7. The van der Waals surface area contributed by atoms with Gasteiger partial charge in [-0.2, -0.15) is 13.2 Å². The van der Waals surface area contributed by atoms with Crippen molar-refractivity contribution in [3.63, 3.8) is 0 Å². The normalized spacial score (nSPS) is 23.3. The minimum Gasteiger partial charge on any atom is -0.463 e. The molecule has 5 N–H and O–H groups in total. The van der Waals surface area contributed by atoms with Crippen molar-refractivity contribution in [2.24, 2.45) is 11.8 Å². The Bertz CT molecular complexity index is 2170. The van der Waals surface area contributed by atoms with Gasteiger partial charge < -0.3 is 78.7 Å². The molecule has 420 valence electrons. The molecule has 1 aromatic rings. The van der Waals surface area contributed by atoms with Crippen LogP contribution in [0.5, 0.6) is 0 Å². The number of amides is 5. The van der Waals surface area contributed by atoms with Crippen LogP contribution in [0, 0.1) is 11.8 Å². The van der Waals surface area contributed by atoms with E-state index >= 15 is 0 Å². The first kappa shape index (κ1) is 62.8. The maximum atomic E-state index is 13.3. The summed E-state index contributed by atoms with van der Waals surface area (Å²) in [5, 5.41) is 11.5. The summed E-state index contributed by atoms with van der Waals surface area (Å²) < 4.78 is 99.4. The Morgan fingerprint density at radius 2 is 1.04 bits per heavy atom. The zero-order valence-corrected chi connectivity index (χ0v) is 42.5. The van der Waals surface area contributed by atoms with E-state index in [4.69, 9.17) is 52.1 Å². The summed E-state index contributed by atoms with van der Waals surface area (Å²) in [4.78, 5) is 121. The van der Waals surface area contributed by atoms with E-state index in [2.05, 4.69) is 21.3 Å². The van der Waals surface area contributed by atoms with E-state index in [1.54, 1.807) is 13.8 Å². The highest BCUT2D eigenvalue weighted by Crippen LogP contribution is 2.32. The number of hydrogen-bond donors (Lipinski definition) is 5. The Kier molecular flexibility index (Phi) is 25.7. The highest BCUT2D eigenvalue weighted by molar-refractivity contribution is 6.03. The quantitative estimate of drug-likeness (QED) is 0.0439. The highest BCUT2D eigenvalue weighted by atomic mass is 19.4. The maximum Gasteiger partial charge on any atom is 0.471 e. The molecule has 3 rings (SSSR count). The standard InChI is InChI=1S/C46H64F3N5O21/c1-23-34(21-69-26(4)56)74-44(37(53-25(3)55)38(23)71-28(6)58)68-16-14-66-12-10-51-42(63)32-17-31(18-33(19-32)54-36(61)20-52-45(64)46(47,48)49)41(62)50-9-11-65-13-15-67-43-24(2)39(72-29(7)59)40(73-30(8)60)35(75-43)22-70-27(5)57/h17-19,23-24,34-35,37-40,43-44H,9-16,20-22H2,1-8H3,(H,50,62)(H,51,63)(H,52,64)(H,53,55)(H,54,61). The Labute approximate surface area is 428 Å². The van der Waals surface area contributed by atoms with Crippen LogP contribution in [0.1, 0.15) is 76.1 Å². The lowest BCUT2D eigenvalue weighted by molar-refractivity contribution is -0.290. The van der Waals surface area contributed by atoms with E-state index in [1.165, 1.54) is 39.1 Å². The van der Waals surface area contributed by atoms with Crippen LogP contribution in [-0.4, -0.2) is 187 Å². The van der Waals surface area contributed by atoms with Crippen LogP contribution in [0.4, 0.5) is 18.9 Å². The van der Waals surface area contributed by atoms with E-state index in [0.717, 1.165) is 26.0 Å². The van der Waals surface area contributed by atoms with Crippen molar-refractivity contribution in [3.8, 4) is 0 Å². The molecule has 2 aliphatic heterocycles. The van der Waals surface area contributed by atoms with Crippen LogP contribution in [-0.2, 0) is 90.5 Å². The number of rotatable bonds is 27. The van der Waals surface area contributed by atoms with Crippen molar-refractivity contribution >= 4 is 65.1 Å². The van der Waals surface area contributed by atoms with Crippen LogP contribution in [0.25, 0.3) is 0 Å². The number of carbonyl (C=O) groups excluding carboxylic acids is 10. The Balaban J connectivity index is 1.60. The van der Waals surface area contributed by atoms with E-state index in [-0.39, 0.29) is 82.8 Å². The van der Waals surface area contributed by atoms with Gasteiger partial charge in [0.15, 0.2) is 18.7 Å². The number of alkyl halides is 3. The van der Waals surface area contributed by atoms with E-state index in [0.29, 0.717) is 0 Å². The van der Waals surface area contributed by atoms with Crippen molar-refractivity contribution in [2.75, 3.05) is 77.8 Å². The molecular formula is C46H64F3N5O21. The molecule has 26 nitrogen and oxygen atoms in total. The molecule has 0 saturated carbocycles. The minimum atomic E-state index is -5.27. The lowest BCUT2D eigenvalue weighted by Crippen LogP contribution is -2.63. The summed E-state index contributed by atoms with van der Waals surface area (Å²) in [5.41, 5.74) is -0.567. The smallest absolute Gasteiger partial charge is 0.463 e. The first-order chi connectivity index (χ1) is 35.3. The first-order valence-corrected chi connectivity index (χ1v) is 23.4. The van der Waals surface area contributed by atoms with Gasteiger partial charge in [0.2, 0.25) is 11.8 Å². The second-order valence-electron chi connectivity index (χ2n) is 16.9. The van der Waals surface area contributed by atoms with Gasteiger partial charge in [-0.3, -0.25) is 47.9 Å². The molecule has 29 heteroatoms. The van der Waals surface area contributed by atoms with Gasteiger partial charge in [-0.05, 0) is 18.2 Å². The predicted molar refractivity (Wildman–Crippen MR) is 246 cm³/mol. The summed E-state index contributed by atoms with van der Waals surface area (Å²) in [6.07, 6.45) is -12.4. The molecule has 0 radical (unpaired) electrons. The molecular weight excluding hydrogens is 1020 g/mol. The predicted octanol–water partition coefficient (Wildman–Crippen LogP) is -0.0224. The third kappa shape index (κ3) is 22.1. The van der Waals surface area contributed by atoms with Crippen molar-refractivity contribution in [2.45, 2.75) is 111 Å². The van der Waals surface area contributed by atoms with Crippen molar-refractivity contribution in [3.05, 3.63) is 29.3 Å². The van der Waals surface area contributed by atoms with Crippen LogP contribution in [0.3, 0.4) is 0 Å². The summed E-state index contributed by atoms with van der Waals surface area (Å²) >= 11 is 0. The zero-order chi connectivity index (χ0) is 56.0. The molecule has 75 heavy (non-hydrogen) atoms. The lowest BCUT2D eigenvalue weighted by atomic mass is 9.89. The second kappa shape index (κ2) is 30.7.